The van der Waals surface area contributed by atoms with Gasteiger partial charge in [-0.3, -0.25) is 0 Å². The molecule has 0 atom stereocenters. The van der Waals surface area contributed by atoms with Crippen molar-refractivity contribution < 1.29 is 18.9 Å². The molecule has 0 aliphatic rings. The summed E-state index contributed by atoms with van der Waals surface area (Å²) in [5.74, 6) is 3.28. The number of ether oxygens (including phenoxy) is 4. The van der Waals surface area contributed by atoms with Gasteiger partial charge in [-0.25, -0.2) is 0 Å². The van der Waals surface area contributed by atoms with Crippen LogP contribution in [0.15, 0.2) is 388 Å². The predicted octanol–water partition coefficient (Wildman–Crippen LogP) is 27.8. The third kappa shape index (κ3) is 12.0. The van der Waals surface area contributed by atoms with E-state index in [0.717, 1.165) is 140 Å². The van der Waals surface area contributed by atoms with Crippen molar-refractivity contribution in [2.75, 3.05) is 38.2 Å². The van der Waals surface area contributed by atoms with E-state index in [1.807, 2.05) is 24.3 Å². The molecule has 0 saturated carbocycles. The van der Waals surface area contributed by atoms with Gasteiger partial charge in [0.1, 0.15) is 23.0 Å². The van der Waals surface area contributed by atoms with Crippen molar-refractivity contribution in [3.05, 3.63) is 388 Å². The lowest BCUT2D eigenvalue weighted by molar-refractivity contribution is 0.415. The summed E-state index contributed by atoms with van der Waals surface area (Å²) in [6.45, 7) is 0. The van der Waals surface area contributed by atoms with Crippen LogP contribution in [0.25, 0.3) is 143 Å². The molecule has 20 aromatic rings. The lowest BCUT2D eigenvalue weighted by Gasteiger charge is -2.29. The lowest BCUT2D eigenvalue weighted by atomic mass is 9.85. The van der Waals surface area contributed by atoms with Crippen molar-refractivity contribution >= 4 is 121 Å². The van der Waals surface area contributed by atoms with Crippen molar-refractivity contribution in [1.82, 2.24) is 9.13 Å². The smallest absolute Gasteiger partial charge is 0.119 e. The van der Waals surface area contributed by atoms with E-state index in [2.05, 4.69) is 383 Å². The summed E-state index contributed by atoms with van der Waals surface area (Å²) < 4.78 is 27.8. The molecule has 8 heteroatoms. The maximum atomic E-state index is 5.82. The molecular formula is C104H76N4O4. The Kier molecular flexibility index (Phi) is 17.7. The van der Waals surface area contributed by atoms with Crippen LogP contribution in [0.1, 0.15) is 0 Å². The van der Waals surface area contributed by atoms with Crippen LogP contribution >= 0.6 is 0 Å². The number of anilines is 6. The molecule has 536 valence electrons. The van der Waals surface area contributed by atoms with E-state index in [4.69, 9.17) is 18.9 Å². The van der Waals surface area contributed by atoms with Crippen LogP contribution in [0.4, 0.5) is 34.1 Å². The van der Waals surface area contributed by atoms with Crippen LogP contribution in [-0.2, 0) is 0 Å². The van der Waals surface area contributed by atoms with Gasteiger partial charge in [0, 0.05) is 66.7 Å². The summed E-state index contributed by atoms with van der Waals surface area (Å²) in [5, 5.41) is 14.1. The third-order valence-electron chi connectivity index (χ3n) is 21.9. The van der Waals surface area contributed by atoms with Crippen LogP contribution in [0.2, 0.25) is 0 Å². The Bertz CT molecular complexity index is 6890. The summed E-state index contributed by atoms with van der Waals surface area (Å²) in [6, 6.07) is 139. The number of rotatable bonds is 16. The average molecular weight is 1450 g/mol. The topological polar surface area (TPSA) is 53.3 Å². The number of benzene rings is 18. The standard InChI is InChI=1S/2C52H38N2O2/c1-55-40-22-13-16-35(32-40)50-43-25-9-10-26-44(43)51(36-17-14-23-41(33-36)56-2)52-45(50)27-15-29-49(52)53(37-18-5-3-6-19-37)39-30-31-48-46(34-39)42-24-11-12-28-47(42)54(48)38-20-7-4-8-21-38;1-55-41-21-13-15-35(31-41)51-44-24-9-10-25-45(44)52(36-16-14-22-42(32-36)56-2)48-34-39(27-29-46(48)51)53(37-17-5-3-6-18-37)40-28-30-50-47(33-40)43-23-11-12-26-49(43)54(50)38-19-7-4-8-20-38/h2*3-34H,1-2H3. The Labute approximate surface area is 650 Å². The molecule has 0 fully saturated rings. The molecule has 0 amide bonds. The van der Waals surface area contributed by atoms with E-state index in [1.54, 1.807) is 28.4 Å². The van der Waals surface area contributed by atoms with Gasteiger partial charge in [-0.2, -0.15) is 0 Å². The molecule has 20 rings (SSSR count). The van der Waals surface area contributed by atoms with E-state index in [9.17, 15) is 0 Å². The Balaban J connectivity index is 0.000000151. The summed E-state index contributed by atoms with van der Waals surface area (Å²) in [7, 11) is 6.91. The van der Waals surface area contributed by atoms with Crippen molar-refractivity contribution in [3.8, 4) is 78.9 Å². The molecule has 0 saturated heterocycles. The minimum atomic E-state index is 0.814. The minimum Gasteiger partial charge on any atom is -0.497 e. The Hall–Kier alpha value is -14.6. The first-order valence-corrected chi connectivity index (χ1v) is 37.8. The number of methoxy groups -OCH3 is 4. The maximum absolute atomic E-state index is 5.82. The van der Waals surface area contributed by atoms with Gasteiger partial charge in [-0.15, -0.1) is 0 Å². The van der Waals surface area contributed by atoms with Gasteiger partial charge in [0.2, 0.25) is 0 Å². The summed E-state index contributed by atoms with van der Waals surface area (Å²) >= 11 is 0. The van der Waals surface area contributed by atoms with Crippen molar-refractivity contribution in [1.29, 1.82) is 0 Å². The third-order valence-corrected chi connectivity index (χ3v) is 21.9. The number of hydrogen-bond acceptors (Lipinski definition) is 6. The van der Waals surface area contributed by atoms with Gasteiger partial charge in [-0.1, -0.05) is 224 Å². The Morgan fingerprint density at radius 3 is 0.938 bits per heavy atom. The fourth-order valence-corrected chi connectivity index (χ4v) is 17.0. The fraction of sp³-hybridized carbons (Fsp3) is 0.0385. The summed E-state index contributed by atoms with van der Waals surface area (Å²) in [5.41, 5.74) is 22.5. The highest BCUT2D eigenvalue weighted by Gasteiger charge is 2.27. The Morgan fingerprint density at radius 2 is 0.500 bits per heavy atom. The molecule has 18 aromatic carbocycles. The average Bonchev–Trinajstić information content (AvgIpc) is 1.07. The second-order valence-electron chi connectivity index (χ2n) is 28.1. The van der Waals surface area contributed by atoms with Gasteiger partial charge in [0.15, 0.2) is 0 Å². The van der Waals surface area contributed by atoms with Crippen LogP contribution in [0.3, 0.4) is 0 Å². The molecule has 8 nitrogen and oxygen atoms in total. The zero-order valence-electron chi connectivity index (χ0n) is 62.4. The van der Waals surface area contributed by atoms with Crippen molar-refractivity contribution in [2.45, 2.75) is 0 Å². The molecule has 0 spiro atoms. The van der Waals surface area contributed by atoms with E-state index in [1.165, 1.54) is 59.8 Å². The second-order valence-corrected chi connectivity index (χ2v) is 28.1. The molecule has 0 unspecified atom stereocenters. The zero-order valence-corrected chi connectivity index (χ0v) is 62.4. The number of aromatic nitrogens is 2. The molecule has 0 aliphatic carbocycles. The van der Waals surface area contributed by atoms with Gasteiger partial charge in [0.05, 0.1) is 56.2 Å². The normalized spacial score (nSPS) is 11.4. The van der Waals surface area contributed by atoms with Crippen LogP contribution < -0.4 is 28.7 Å². The van der Waals surface area contributed by atoms with Crippen LogP contribution in [0.5, 0.6) is 23.0 Å². The zero-order chi connectivity index (χ0) is 75.2. The molecule has 0 radical (unpaired) electrons. The van der Waals surface area contributed by atoms with E-state index in [0.29, 0.717) is 0 Å². The lowest BCUT2D eigenvalue weighted by Crippen LogP contribution is -2.11. The van der Waals surface area contributed by atoms with Crippen LogP contribution in [0, 0.1) is 0 Å². The second kappa shape index (κ2) is 29.2. The monoisotopic (exact) mass is 1440 g/mol. The first-order chi connectivity index (χ1) is 55.4. The number of fused-ring (bicyclic) bond motifs is 10. The molecule has 0 N–H and O–H groups in total. The van der Waals surface area contributed by atoms with Gasteiger partial charge >= 0.3 is 0 Å². The fourth-order valence-electron chi connectivity index (χ4n) is 17.0. The van der Waals surface area contributed by atoms with Crippen molar-refractivity contribution in [3.63, 3.8) is 0 Å². The highest BCUT2D eigenvalue weighted by Crippen LogP contribution is 2.53. The summed E-state index contributed by atoms with van der Waals surface area (Å²) in [4.78, 5) is 4.80. The van der Waals surface area contributed by atoms with Crippen molar-refractivity contribution in [2.24, 2.45) is 0 Å². The highest BCUT2D eigenvalue weighted by atomic mass is 16.5. The first kappa shape index (κ1) is 68.0. The van der Waals surface area contributed by atoms with Crippen LogP contribution in [-0.4, -0.2) is 37.6 Å². The predicted molar refractivity (Wildman–Crippen MR) is 469 cm³/mol. The molecule has 2 heterocycles. The number of nitrogens with zero attached hydrogens (tertiary/aromatic N) is 4. The molecule has 0 bridgehead atoms. The molecule has 2 aromatic heterocycles. The number of para-hydroxylation sites is 6. The quantitative estimate of drug-likeness (QED) is 0.0899. The molecular weight excluding hydrogens is 1370 g/mol. The maximum Gasteiger partial charge on any atom is 0.119 e. The number of hydrogen-bond donors (Lipinski definition) is 0. The van der Waals surface area contributed by atoms with E-state index >= 15 is 0 Å². The largest absolute Gasteiger partial charge is 0.497 e. The SMILES string of the molecule is COc1cccc(-c2c3ccccc3c(-c3cccc(OC)c3)c3c(N(c4ccccc4)c4ccc5c(c4)c4ccccc4n5-c4ccccc4)cccc23)c1.COc1cccc(-c2c3ccccc3c(-c3cccc(OC)c3)c3cc(N(c4ccccc4)c4ccc5c(c4)c4ccccc4n5-c4ccccc4)ccc23)c1. The molecule has 112 heavy (non-hydrogen) atoms. The van der Waals surface area contributed by atoms with Gasteiger partial charge in [-0.05, 0) is 246 Å². The first-order valence-electron chi connectivity index (χ1n) is 37.8. The van der Waals surface area contributed by atoms with E-state index in [-0.39, 0.29) is 0 Å². The minimum absolute atomic E-state index is 0.814. The van der Waals surface area contributed by atoms with E-state index < -0.39 is 0 Å². The Morgan fingerprint density at radius 1 is 0.196 bits per heavy atom. The van der Waals surface area contributed by atoms with Gasteiger partial charge < -0.3 is 37.9 Å². The molecule has 0 aliphatic heterocycles. The summed E-state index contributed by atoms with van der Waals surface area (Å²) in [6.07, 6.45) is 0. The van der Waals surface area contributed by atoms with Gasteiger partial charge in [0.25, 0.3) is 0 Å². The highest BCUT2D eigenvalue weighted by molar-refractivity contribution is 6.26.